The van der Waals surface area contributed by atoms with E-state index >= 15 is 0 Å². The number of carbonyl (C=O) groups excluding carboxylic acids is 2. The average Bonchev–Trinajstić information content (AvgIpc) is 3.34. The van der Waals surface area contributed by atoms with Crippen LogP contribution >= 0.6 is 0 Å². The summed E-state index contributed by atoms with van der Waals surface area (Å²) in [6, 6.07) is 12.3. The van der Waals surface area contributed by atoms with Crippen LogP contribution in [0.15, 0.2) is 58.7 Å². The zero-order chi connectivity index (χ0) is 21.5. The van der Waals surface area contributed by atoms with Gasteiger partial charge in [0.15, 0.2) is 11.8 Å². The Labute approximate surface area is 183 Å². The number of fused-ring (bicyclic) bond motifs is 1. The highest BCUT2D eigenvalue weighted by Crippen LogP contribution is 2.19. The van der Waals surface area contributed by atoms with Crippen LogP contribution in [0.1, 0.15) is 55.0 Å². The van der Waals surface area contributed by atoms with Gasteiger partial charge in [-0.05, 0) is 49.8 Å². The van der Waals surface area contributed by atoms with Crippen LogP contribution < -0.4 is 15.5 Å². The maximum Gasteiger partial charge on any atom is 0.309 e. The van der Waals surface area contributed by atoms with E-state index in [4.69, 9.17) is 4.42 Å². The maximum absolute atomic E-state index is 12.4. The Hall–Kier alpha value is -2.86. The van der Waals surface area contributed by atoms with Crippen LogP contribution in [-0.4, -0.2) is 31.4 Å². The normalized spacial score (nSPS) is 19.1. The Bertz CT molecular complexity index is 920. The quantitative estimate of drug-likeness (QED) is 0.472. The third-order valence-corrected chi connectivity index (χ3v) is 6.42. The minimum Gasteiger partial charge on any atom is -0.463 e. The summed E-state index contributed by atoms with van der Waals surface area (Å²) >= 11 is 0. The van der Waals surface area contributed by atoms with Gasteiger partial charge in [-0.25, -0.2) is 0 Å². The number of allylic oxidation sites excluding steroid dienone is 1. The van der Waals surface area contributed by atoms with Crippen molar-refractivity contribution in [3.8, 4) is 0 Å². The van der Waals surface area contributed by atoms with Gasteiger partial charge in [-0.2, -0.15) is 0 Å². The summed E-state index contributed by atoms with van der Waals surface area (Å²) in [7, 11) is 0. The molecule has 2 atom stereocenters. The molecular formula is C25H32N3O3+. The second-order valence-electron chi connectivity index (χ2n) is 8.50. The van der Waals surface area contributed by atoms with Crippen LogP contribution in [0.25, 0.3) is 0 Å². The van der Waals surface area contributed by atoms with Gasteiger partial charge in [0.1, 0.15) is 6.54 Å². The topological polar surface area (TPSA) is 75.8 Å². The molecule has 6 heteroatoms. The minimum atomic E-state index is -0.578. The predicted molar refractivity (Wildman–Crippen MR) is 118 cm³/mol. The molecule has 6 nitrogen and oxygen atoms in total. The van der Waals surface area contributed by atoms with Gasteiger partial charge in [0.25, 0.3) is 0 Å². The van der Waals surface area contributed by atoms with Crippen LogP contribution in [-0.2, 0) is 22.6 Å². The SMILES string of the molecule is O=C(NCCC1=CCCCC1)C(=O)NC[C@@H](c1ccco1)[NH+]1CCc2ccccc2C1. The molecule has 0 spiro atoms. The Morgan fingerprint density at radius 2 is 1.84 bits per heavy atom. The first kappa shape index (κ1) is 21.4. The number of quaternary nitrogens is 1. The van der Waals surface area contributed by atoms with E-state index in [0.717, 1.165) is 44.5 Å². The third-order valence-electron chi connectivity index (χ3n) is 6.42. The largest absolute Gasteiger partial charge is 0.463 e. The van der Waals surface area contributed by atoms with Crippen molar-refractivity contribution < 1.29 is 18.9 Å². The van der Waals surface area contributed by atoms with Crippen molar-refractivity contribution in [3.05, 3.63) is 71.2 Å². The molecule has 1 unspecified atom stereocenters. The molecule has 1 aromatic heterocycles. The molecule has 164 valence electrons. The first-order valence-corrected chi connectivity index (χ1v) is 11.4. The van der Waals surface area contributed by atoms with Gasteiger partial charge >= 0.3 is 11.8 Å². The number of carbonyl (C=O) groups is 2. The van der Waals surface area contributed by atoms with Gasteiger partial charge < -0.3 is 20.0 Å². The van der Waals surface area contributed by atoms with Gasteiger partial charge in [0.2, 0.25) is 0 Å². The Morgan fingerprint density at radius 1 is 1.00 bits per heavy atom. The van der Waals surface area contributed by atoms with Crippen LogP contribution in [0, 0.1) is 0 Å². The maximum atomic E-state index is 12.4. The molecule has 3 N–H and O–H groups in total. The van der Waals surface area contributed by atoms with Crippen molar-refractivity contribution in [2.45, 2.75) is 51.1 Å². The van der Waals surface area contributed by atoms with E-state index in [-0.39, 0.29) is 6.04 Å². The number of nitrogens with one attached hydrogen (secondary N) is 3. The molecule has 0 radical (unpaired) electrons. The molecule has 4 rings (SSSR count). The van der Waals surface area contributed by atoms with E-state index in [2.05, 4.69) is 41.0 Å². The molecular weight excluding hydrogens is 390 g/mol. The van der Waals surface area contributed by atoms with Gasteiger partial charge in [-0.3, -0.25) is 9.59 Å². The molecule has 2 aromatic rings. The van der Waals surface area contributed by atoms with Crippen molar-refractivity contribution in [3.63, 3.8) is 0 Å². The van der Waals surface area contributed by atoms with E-state index in [0.29, 0.717) is 13.1 Å². The number of rotatable bonds is 7. The number of hydrogen-bond acceptors (Lipinski definition) is 3. The van der Waals surface area contributed by atoms with E-state index in [1.165, 1.54) is 34.4 Å². The van der Waals surface area contributed by atoms with Crippen LogP contribution in [0.5, 0.6) is 0 Å². The Balaban J connectivity index is 1.31. The Kier molecular flexibility index (Phi) is 7.20. The second-order valence-corrected chi connectivity index (χ2v) is 8.50. The van der Waals surface area contributed by atoms with E-state index in [1.807, 2.05) is 12.1 Å². The third kappa shape index (κ3) is 5.64. The molecule has 0 saturated carbocycles. The highest BCUT2D eigenvalue weighted by Gasteiger charge is 2.31. The molecule has 0 fully saturated rings. The fourth-order valence-corrected chi connectivity index (χ4v) is 4.66. The zero-order valence-corrected chi connectivity index (χ0v) is 18.0. The first-order chi connectivity index (χ1) is 15.2. The molecule has 1 aliphatic carbocycles. The van der Waals surface area contributed by atoms with E-state index < -0.39 is 11.8 Å². The summed E-state index contributed by atoms with van der Waals surface area (Å²) in [6.07, 6.45) is 10.4. The van der Waals surface area contributed by atoms with Gasteiger partial charge in [-0.1, -0.05) is 35.9 Å². The lowest BCUT2D eigenvalue weighted by Crippen LogP contribution is -3.12. The molecule has 2 aliphatic rings. The summed E-state index contributed by atoms with van der Waals surface area (Å²) in [5, 5.41) is 5.59. The Morgan fingerprint density at radius 3 is 2.61 bits per heavy atom. The summed E-state index contributed by atoms with van der Waals surface area (Å²) in [6.45, 7) is 2.70. The fourth-order valence-electron chi connectivity index (χ4n) is 4.66. The molecule has 0 saturated heterocycles. The lowest BCUT2D eigenvalue weighted by molar-refractivity contribution is -0.946. The fraction of sp³-hybridized carbons (Fsp3) is 0.440. The minimum absolute atomic E-state index is 0.0347. The van der Waals surface area contributed by atoms with E-state index in [1.54, 1.807) is 6.26 Å². The summed E-state index contributed by atoms with van der Waals surface area (Å²) in [5.41, 5.74) is 4.11. The molecule has 2 heterocycles. The smallest absolute Gasteiger partial charge is 0.309 e. The van der Waals surface area contributed by atoms with Crippen LogP contribution in [0.2, 0.25) is 0 Å². The van der Waals surface area contributed by atoms with Crippen molar-refractivity contribution in [2.75, 3.05) is 19.6 Å². The number of amides is 2. The highest BCUT2D eigenvalue weighted by molar-refractivity contribution is 6.35. The predicted octanol–water partition coefficient (Wildman–Crippen LogP) is 2.08. The van der Waals surface area contributed by atoms with Crippen LogP contribution in [0.3, 0.4) is 0 Å². The lowest BCUT2D eigenvalue weighted by atomic mass is 9.97. The van der Waals surface area contributed by atoms with Crippen molar-refractivity contribution >= 4 is 11.8 Å². The summed E-state index contributed by atoms with van der Waals surface area (Å²) in [4.78, 5) is 26.0. The molecule has 2 amide bonds. The van der Waals surface area contributed by atoms with Crippen LogP contribution in [0.4, 0.5) is 0 Å². The second kappa shape index (κ2) is 10.4. The number of benzene rings is 1. The highest BCUT2D eigenvalue weighted by atomic mass is 16.3. The monoisotopic (exact) mass is 422 g/mol. The summed E-state index contributed by atoms with van der Waals surface area (Å²) < 4.78 is 5.68. The average molecular weight is 423 g/mol. The summed E-state index contributed by atoms with van der Waals surface area (Å²) in [5.74, 6) is -0.307. The zero-order valence-electron chi connectivity index (χ0n) is 18.0. The standard InChI is InChI=1S/C25H31N3O3/c29-24(26-14-12-19-7-2-1-3-8-19)25(30)27-17-22(23-11-6-16-31-23)28-15-13-20-9-4-5-10-21(20)18-28/h4-7,9-11,16,22H,1-3,8,12-15,17-18H2,(H,26,29)(H,27,30)/p+1/t22-/m0/s1. The molecule has 0 bridgehead atoms. The molecule has 1 aromatic carbocycles. The number of furan rings is 1. The van der Waals surface area contributed by atoms with Crippen molar-refractivity contribution in [1.29, 1.82) is 0 Å². The van der Waals surface area contributed by atoms with Gasteiger partial charge in [0, 0.05) is 18.5 Å². The van der Waals surface area contributed by atoms with Crippen molar-refractivity contribution in [2.24, 2.45) is 0 Å². The lowest BCUT2D eigenvalue weighted by Gasteiger charge is -2.31. The van der Waals surface area contributed by atoms with Gasteiger partial charge in [0.05, 0.1) is 19.4 Å². The first-order valence-electron chi connectivity index (χ1n) is 11.4. The van der Waals surface area contributed by atoms with Crippen molar-refractivity contribution in [1.82, 2.24) is 10.6 Å². The number of hydrogen-bond donors (Lipinski definition) is 3. The molecule has 1 aliphatic heterocycles. The molecule has 31 heavy (non-hydrogen) atoms. The van der Waals surface area contributed by atoms with Gasteiger partial charge in [-0.15, -0.1) is 0 Å². The van der Waals surface area contributed by atoms with E-state index in [9.17, 15) is 9.59 Å².